The van der Waals surface area contributed by atoms with Gasteiger partial charge in [-0.25, -0.2) is 9.59 Å². The molecular weight excluding hydrogens is 414 g/mol. The van der Waals surface area contributed by atoms with E-state index in [0.29, 0.717) is 51.0 Å². The minimum absolute atomic E-state index is 0.233. The normalized spacial score (nSPS) is 14.8. The van der Waals surface area contributed by atoms with Crippen LogP contribution in [0.4, 0.5) is 4.79 Å². The monoisotopic (exact) mass is 451 g/mol. The lowest BCUT2D eigenvalue weighted by atomic mass is 10.0. The third-order valence-electron chi connectivity index (χ3n) is 5.67. The van der Waals surface area contributed by atoms with Crippen LogP contribution in [-0.4, -0.2) is 74.8 Å². The molecule has 1 fully saturated rings. The Balaban J connectivity index is 1.82. The van der Waals surface area contributed by atoms with Crippen molar-refractivity contribution in [3.8, 4) is 5.75 Å². The molecule has 1 aromatic rings. The Morgan fingerprint density at radius 2 is 1.81 bits per heavy atom. The summed E-state index contributed by atoms with van der Waals surface area (Å²) in [6, 6.07) is 7.28. The predicted molar refractivity (Wildman–Crippen MR) is 120 cm³/mol. The summed E-state index contributed by atoms with van der Waals surface area (Å²) in [5.74, 6) is 0.381. The average molecular weight is 452 g/mol. The maximum atomic E-state index is 12.5. The molecule has 1 aliphatic rings. The van der Waals surface area contributed by atoms with E-state index in [1.54, 1.807) is 31.1 Å². The van der Waals surface area contributed by atoms with Gasteiger partial charge in [0.1, 0.15) is 19.0 Å². The fourth-order valence-electron chi connectivity index (χ4n) is 3.86. The van der Waals surface area contributed by atoms with Crippen molar-refractivity contribution in [2.45, 2.75) is 51.6 Å². The van der Waals surface area contributed by atoms with Gasteiger partial charge in [-0.05, 0) is 37.0 Å². The Hall–Kier alpha value is -2.32. The molecule has 8 heteroatoms. The first-order valence-electron chi connectivity index (χ1n) is 11.5. The highest BCUT2D eigenvalue weighted by Gasteiger charge is 2.20. The summed E-state index contributed by atoms with van der Waals surface area (Å²) in [6.45, 7) is 4.17. The first-order valence-corrected chi connectivity index (χ1v) is 11.5. The number of amides is 1. The van der Waals surface area contributed by atoms with E-state index in [9.17, 15) is 14.7 Å². The zero-order chi connectivity index (χ0) is 23.2. The van der Waals surface area contributed by atoms with Crippen molar-refractivity contribution in [2.24, 2.45) is 5.92 Å². The first kappa shape index (κ1) is 25.9. The second-order valence-electron chi connectivity index (χ2n) is 8.01. The largest absolute Gasteiger partial charge is 0.492 e. The molecule has 2 rings (SSSR count). The van der Waals surface area contributed by atoms with Gasteiger partial charge in [0.15, 0.2) is 6.10 Å². The van der Waals surface area contributed by atoms with Crippen molar-refractivity contribution in [3.05, 3.63) is 29.8 Å². The average Bonchev–Trinajstić information content (AvgIpc) is 3.30. The molecule has 32 heavy (non-hydrogen) atoms. The summed E-state index contributed by atoms with van der Waals surface area (Å²) in [6.07, 6.45) is 5.12. The van der Waals surface area contributed by atoms with E-state index in [1.807, 2.05) is 12.1 Å². The Kier molecular flexibility index (Phi) is 11.9. The number of carboxylic acids is 1. The fourth-order valence-corrected chi connectivity index (χ4v) is 3.86. The molecule has 0 heterocycles. The summed E-state index contributed by atoms with van der Waals surface area (Å²) in [5.41, 5.74) is 0.859. The van der Waals surface area contributed by atoms with Crippen molar-refractivity contribution < 1.29 is 33.6 Å². The van der Waals surface area contributed by atoms with Crippen LogP contribution >= 0.6 is 0 Å². The van der Waals surface area contributed by atoms with Crippen molar-refractivity contribution in [3.63, 3.8) is 0 Å². The minimum Gasteiger partial charge on any atom is -0.492 e. The van der Waals surface area contributed by atoms with Gasteiger partial charge in [0.25, 0.3) is 0 Å². The molecule has 0 radical (unpaired) electrons. The van der Waals surface area contributed by atoms with E-state index >= 15 is 0 Å². The van der Waals surface area contributed by atoms with Gasteiger partial charge in [0.2, 0.25) is 0 Å². The van der Waals surface area contributed by atoms with Crippen LogP contribution in [0.3, 0.4) is 0 Å². The smallest absolute Gasteiger partial charge is 0.409 e. The molecule has 0 aromatic heterocycles. The van der Waals surface area contributed by atoms with Gasteiger partial charge < -0.3 is 29.0 Å². The molecule has 0 aliphatic heterocycles. The van der Waals surface area contributed by atoms with Gasteiger partial charge in [0, 0.05) is 26.7 Å². The number of ether oxygens (including phenoxy) is 4. The minimum atomic E-state index is -0.970. The number of carbonyl (C=O) groups excluding carboxylic acids is 1. The summed E-state index contributed by atoms with van der Waals surface area (Å²) in [7, 11) is 1.57. The lowest BCUT2D eigenvalue weighted by molar-refractivity contribution is -0.149. The maximum absolute atomic E-state index is 12.5. The van der Waals surface area contributed by atoms with Gasteiger partial charge in [-0.1, -0.05) is 37.8 Å². The molecule has 1 unspecified atom stereocenters. The fraction of sp³-hybridized carbons (Fsp3) is 0.667. The lowest BCUT2D eigenvalue weighted by Crippen LogP contribution is -2.37. The van der Waals surface area contributed by atoms with Crippen LogP contribution in [0.25, 0.3) is 0 Å². The second-order valence-corrected chi connectivity index (χ2v) is 8.01. The standard InChI is InChI=1S/C24H37NO7/c1-3-30-22(23(26)27)18-20-8-10-21(11-9-20)31-15-14-25(24(28)32-17-16-29-2)13-12-19-6-4-5-7-19/h8-11,19,22H,3-7,12-18H2,1-2H3,(H,26,27). The third-order valence-corrected chi connectivity index (χ3v) is 5.67. The molecule has 1 saturated carbocycles. The second kappa shape index (κ2) is 14.7. The molecule has 1 aromatic carbocycles. The van der Waals surface area contributed by atoms with Crippen LogP contribution in [0, 0.1) is 5.92 Å². The Morgan fingerprint density at radius 1 is 1.09 bits per heavy atom. The lowest BCUT2D eigenvalue weighted by Gasteiger charge is -2.23. The molecule has 0 saturated heterocycles. The van der Waals surface area contributed by atoms with Crippen molar-refractivity contribution in [1.82, 2.24) is 4.90 Å². The highest BCUT2D eigenvalue weighted by molar-refractivity contribution is 5.72. The van der Waals surface area contributed by atoms with Crippen molar-refractivity contribution in [2.75, 3.05) is 46.6 Å². The highest BCUT2D eigenvalue weighted by Crippen LogP contribution is 2.27. The molecule has 8 nitrogen and oxygen atoms in total. The third kappa shape index (κ3) is 9.44. The van der Waals surface area contributed by atoms with Crippen LogP contribution in [0.5, 0.6) is 5.75 Å². The molecule has 180 valence electrons. The number of carbonyl (C=O) groups is 2. The Morgan fingerprint density at radius 3 is 2.44 bits per heavy atom. The molecule has 0 spiro atoms. The molecule has 1 amide bonds. The summed E-state index contributed by atoms with van der Waals surface area (Å²) < 4.78 is 21.3. The summed E-state index contributed by atoms with van der Waals surface area (Å²) in [5, 5.41) is 9.22. The number of methoxy groups -OCH3 is 1. The number of rotatable bonds is 15. The number of carboxylic acid groups (broad SMARTS) is 1. The highest BCUT2D eigenvalue weighted by atomic mass is 16.6. The predicted octanol–water partition coefficient (Wildman–Crippen LogP) is 3.76. The van der Waals surface area contributed by atoms with Crippen LogP contribution in [0.15, 0.2) is 24.3 Å². The number of benzene rings is 1. The number of nitrogens with zero attached hydrogens (tertiary/aromatic N) is 1. The van der Waals surface area contributed by atoms with E-state index in [1.165, 1.54) is 25.7 Å². The topological polar surface area (TPSA) is 94.5 Å². The SMILES string of the molecule is CCOC(Cc1ccc(OCCN(CCC2CCCC2)C(=O)OCCOC)cc1)C(=O)O. The zero-order valence-corrected chi connectivity index (χ0v) is 19.3. The number of hydrogen-bond donors (Lipinski definition) is 1. The van der Waals surface area contributed by atoms with E-state index in [-0.39, 0.29) is 12.7 Å². The summed E-state index contributed by atoms with van der Waals surface area (Å²) in [4.78, 5) is 25.4. The Labute approximate surface area is 190 Å². The first-order chi connectivity index (χ1) is 15.5. The molecular formula is C24H37NO7. The molecule has 1 aliphatic carbocycles. The Bertz CT molecular complexity index is 673. The molecule has 1 N–H and O–H groups in total. The van der Waals surface area contributed by atoms with Gasteiger partial charge in [0.05, 0.1) is 13.2 Å². The number of hydrogen-bond acceptors (Lipinski definition) is 6. The van der Waals surface area contributed by atoms with Gasteiger partial charge in [-0.3, -0.25) is 0 Å². The van der Waals surface area contributed by atoms with Gasteiger partial charge in [-0.15, -0.1) is 0 Å². The van der Waals surface area contributed by atoms with E-state index in [0.717, 1.165) is 12.0 Å². The van der Waals surface area contributed by atoms with E-state index in [4.69, 9.17) is 18.9 Å². The van der Waals surface area contributed by atoms with E-state index in [2.05, 4.69) is 0 Å². The zero-order valence-electron chi connectivity index (χ0n) is 19.3. The van der Waals surface area contributed by atoms with Gasteiger partial charge in [-0.2, -0.15) is 0 Å². The molecule has 1 atom stereocenters. The van der Waals surface area contributed by atoms with Crippen LogP contribution in [0.2, 0.25) is 0 Å². The number of aliphatic carboxylic acids is 1. The maximum Gasteiger partial charge on any atom is 0.409 e. The quantitative estimate of drug-likeness (QED) is 0.406. The van der Waals surface area contributed by atoms with Crippen molar-refractivity contribution in [1.29, 1.82) is 0 Å². The molecule has 0 bridgehead atoms. The van der Waals surface area contributed by atoms with E-state index < -0.39 is 12.1 Å². The van der Waals surface area contributed by atoms with Crippen LogP contribution < -0.4 is 4.74 Å². The van der Waals surface area contributed by atoms with Crippen molar-refractivity contribution >= 4 is 12.1 Å². The van der Waals surface area contributed by atoms with Crippen LogP contribution in [-0.2, 0) is 25.4 Å². The van der Waals surface area contributed by atoms with Gasteiger partial charge >= 0.3 is 12.1 Å². The van der Waals surface area contributed by atoms with Crippen LogP contribution in [0.1, 0.15) is 44.6 Å². The summed E-state index contributed by atoms with van der Waals surface area (Å²) >= 11 is 0.